The molecule has 1 aliphatic heterocycles. The Morgan fingerprint density at radius 1 is 1.25 bits per heavy atom. The molecule has 1 fully saturated rings. The third kappa shape index (κ3) is 4.27. The van der Waals surface area contributed by atoms with Gasteiger partial charge in [-0.3, -0.25) is 0 Å². The van der Waals surface area contributed by atoms with E-state index in [1.54, 1.807) is 0 Å². The molecule has 0 bridgehead atoms. The Labute approximate surface area is 124 Å². The van der Waals surface area contributed by atoms with Crippen molar-refractivity contribution in [2.24, 2.45) is 0 Å². The van der Waals surface area contributed by atoms with E-state index in [-0.39, 0.29) is 30.0 Å². The first-order chi connectivity index (χ1) is 8.89. The molecule has 0 aliphatic carbocycles. The van der Waals surface area contributed by atoms with Crippen LogP contribution in [0.2, 0.25) is 18.1 Å². The maximum atomic E-state index is 9.19. The van der Waals surface area contributed by atoms with E-state index in [9.17, 15) is 5.11 Å². The summed E-state index contributed by atoms with van der Waals surface area (Å²) in [5.41, 5.74) is 0. The lowest BCUT2D eigenvalue weighted by Gasteiger charge is -2.40. The summed E-state index contributed by atoms with van der Waals surface area (Å²) >= 11 is 0. The molecule has 20 heavy (non-hydrogen) atoms. The van der Waals surface area contributed by atoms with Gasteiger partial charge in [-0.25, -0.2) is 0 Å². The predicted octanol–water partition coefficient (Wildman–Crippen LogP) is 3.30. The van der Waals surface area contributed by atoms with Crippen LogP contribution < -0.4 is 0 Å². The van der Waals surface area contributed by atoms with E-state index in [1.165, 1.54) is 0 Å². The first-order valence-electron chi connectivity index (χ1n) is 7.54. The Hall–Kier alpha value is 0.0569. The van der Waals surface area contributed by atoms with E-state index >= 15 is 0 Å². The first-order valence-corrected chi connectivity index (χ1v) is 10.4. The average Bonchev–Trinajstić information content (AvgIpc) is 2.52. The Balaban J connectivity index is 2.77. The summed E-state index contributed by atoms with van der Waals surface area (Å²) in [7, 11) is -1.83. The van der Waals surface area contributed by atoms with Crippen LogP contribution in [-0.4, -0.2) is 44.1 Å². The van der Waals surface area contributed by atoms with Crippen molar-refractivity contribution in [3.05, 3.63) is 0 Å². The molecule has 4 nitrogen and oxygen atoms in total. The molecule has 0 unspecified atom stereocenters. The van der Waals surface area contributed by atoms with Gasteiger partial charge in [0.1, 0.15) is 6.10 Å². The van der Waals surface area contributed by atoms with Crippen LogP contribution >= 0.6 is 0 Å². The van der Waals surface area contributed by atoms with E-state index in [0.29, 0.717) is 6.42 Å². The van der Waals surface area contributed by atoms with Crippen LogP contribution in [0.3, 0.4) is 0 Å². The zero-order chi connectivity index (χ0) is 15.8. The van der Waals surface area contributed by atoms with Gasteiger partial charge in [-0.05, 0) is 45.3 Å². The number of ether oxygens (including phenoxy) is 2. The van der Waals surface area contributed by atoms with E-state index < -0.39 is 14.1 Å². The molecule has 1 N–H and O–H groups in total. The maximum Gasteiger partial charge on any atom is 0.192 e. The minimum absolute atomic E-state index is 0.0331. The number of aliphatic hydroxyl groups excluding tert-OH is 1. The summed E-state index contributed by atoms with van der Waals surface area (Å²) in [5.74, 6) is -0.602. The van der Waals surface area contributed by atoms with Crippen molar-refractivity contribution in [2.75, 3.05) is 6.61 Å². The van der Waals surface area contributed by atoms with Crippen LogP contribution in [0.15, 0.2) is 0 Å². The topological polar surface area (TPSA) is 47.9 Å². The lowest BCUT2D eigenvalue weighted by Crippen LogP contribution is -2.48. The van der Waals surface area contributed by atoms with Crippen molar-refractivity contribution in [2.45, 2.75) is 90.2 Å². The molecular formula is C15H32O4Si. The summed E-state index contributed by atoms with van der Waals surface area (Å²) in [4.78, 5) is 0. The molecule has 0 amide bonds. The van der Waals surface area contributed by atoms with Gasteiger partial charge in [0, 0.05) is 6.61 Å². The number of aliphatic hydroxyl groups is 1. The minimum atomic E-state index is -1.83. The van der Waals surface area contributed by atoms with Gasteiger partial charge in [-0.1, -0.05) is 20.8 Å². The Kier molecular flexibility index (Phi) is 5.47. The van der Waals surface area contributed by atoms with Gasteiger partial charge in [0.25, 0.3) is 0 Å². The molecule has 120 valence electrons. The second kappa shape index (κ2) is 6.05. The molecule has 1 heterocycles. The highest BCUT2D eigenvalue weighted by atomic mass is 28.4. The predicted molar refractivity (Wildman–Crippen MR) is 83.3 cm³/mol. The molecule has 0 aromatic heterocycles. The maximum absolute atomic E-state index is 9.19. The van der Waals surface area contributed by atoms with Gasteiger partial charge in [0.2, 0.25) is 0 Å². The quantitative estimate of drug-likeness (QED) is 0.792. The summed E-state index contributed by atoms with van der Waals surface area (Å²) < 4.78 is 18.3. The zero-order valence-corrected chi connectivity index (χ0v) is 15.3. The van der Waals surface area contributed by atoms with Crippen LogP contribution in [0.4, 0.5) is 0 Å². The SMILES string of the molecule is C[C@@H](O[Si](C)(C)C(C)(C)C)[C@@H]1OC(C)(C)O[C@@H]1CCO. The van der Waals surface area contributed by atoms with Crippen LogP contribution in [0.1, 0.15) is 48.0 Å². The van der Waals surface area contributed by atoms with Crippen LogP contribution in [0.25, 0.3) is 0 Å². The fourth-order valence-electron chi connectivity index (χ4n) is 2.32. The Morgan fingerprint density at radius 2 is 1.80 bits per heavy atom. The van der Waals surface area contributed by atoms with E-state index in [4.69, 9.17) is 13.9 Å². The smallest absolute Gasteiger partial charge is 0.192 e. The lowest BCUT2D eigenvalue weighted by molar-refractivity contribution is -0.153. The van der Waals surface area contributed by atoms with Crippen LogP contribution in [0, 0.1) is 0 Å². The fourth-order valence-corrected chi connectivity index (χ4v) is 3.74. The number of hydrogen-bond donors (Lipinski definition) is 1. The van der Waals surface area contributed by atoms with Gasteiger partial charge in [-0.15, -0.1) is 0 Å². The van der Waals surface area contributed by atoms with Gasteiger partial charge in [-0.2, -0.15) is 0 Å². The summed E-state index contributed by atoms with van der Waals surface area (Å²) in [6.45, 7) is 17.2. The van der Waals surface area contributed by atoms with Crippen molar-refractivity contribution in [1.82, 2.24) is 0 Å². The molecular weight excluding hydrogens is 272 g/mol. The van der Waals surface area contributed by atoms with Gasteiger partial charge in [0.15, 0.2) is 14.1 Å². The van der Waals surface area contributed by atoms with Crippen molar-refractivity contribution in [3.63, 3.8) is 0 Å². The average molecular weight is 305 g/mol. The molecule has 1 rings (SSSR count). The normalized spacial score (nSPS) is 28.6. The van der Waals surface area contributed by atoms with Crippen LogP contribution in [-0.2, 0) is 13.9 Å². The molecule has 0 radical (unpaired) electrons. The molecule has 3 atom stereocenters. The minimum Gasteiger partial charge on any atom is -0.411 e. The van der Waals surface area contributed by atoms with Gasteiger partial charge < -0.3 is 19.0 Å². The molecule has 5 heteroatoms. The van der Waals surface area contributed by atoms with Crippen molar-refractivity contribution < 1.29 is 19.0 Å². The van der Waals surface area contributed by atoms with E-state index in [2.05, 4.69) is 40.8 Å². The third-order valence-corrected chi connectivity index (χ3v) is 8.96. The second-order valence-electron chi connectivity index (χ2n) is 7.73. The van der Waals surface area contributed by atoms with E-state index in [1.807, 2.05) is 13.8 Å². The standard InChI is InChI=1S/C15H32O4Si/c1-11(19-20(7,8)14(2,3)4)13-12(9-10-16)17-15(5,6)18-13/h11-13,16H,9-10H2,1-8H3/t11-,12-,13+/m1/s1. The number of hydrogen-bond acceptors (Lipinski definition) is 4. The largest absolute Gasteiger partial charge is 0.411 e. The molecule has 0 aromatic carbocycles. The molecule has 1 aliphatic rings. The summed E-state index contributed by atoms with van der Waals surface area (Å²) in [6, 6.07) is 0. The molecule has 0 spiro atoms. The number of rotatable bonds is 5. The molecule has 0 saturated carbocycles. The monoisotopic (exact) mass is 304 g/mol. The zero-order valence-electron chi connectivity index (χ0n) is 14.3. The first kappa shape index (κ1) is 18.1. The third-order valence-electron chi connectivity index (χ3n) is 4.38. The van der Waals surface area contributed by atoms with Crippen LogP contribution in [0.5, 0.6) is 0 Å². The summed E-state index contributed by atoms with van der Waals surface area (Å²) in [6.07, 6.45) is 0.328. The lowest BCUT2D eigenvalue weighted by atomic mass is 10.1. The molecule has 1 saturated heterocycles. The Morgan fingerprint density at radius 3 is 2.25 bits per heavy atom. The second-order valence-corrected chi connectivity index (χ2v) is 12.5. The Bertz CT molecular complexity index is 322. The van der Waals surface area contributed by atoms with Crippen molar-refractivity contribution >= 4 is 8.32 Å². The highest BCUT2D eigenvalue weighted by molar-refractivity contribution is 6.74. The summed E-state index contributed by atoms with van der Waals surface area (Å²) in [5, 5.41) is 9.36. The highest BCUT2D eigenvalue weighted by Crippen LogP contribution is 2.39. The van der Waals surface area contributed by atoms with Gasteiger partial charge in [0.05, 0.1) is 12.2 Å². The van der Waals surface area contributed by atoms with Crippen molar-refractivity contribution in [3.8, 4) is 0 Å². The molecule has 0 aromatic rings. The van der Waals surface area contributed by atoms with Crippen molar-refractivity contribution in [1.29, 1.82) is 0 Å². The highest BCUT2D eigenvalue weighted by Gasteiger charge is 2.47. The van der Waals surface area contributed by atoms with Gasteiger partial charge >= 0.3 is 0 Å². The fraction of sp³-hybridized carbons (Fsp3) is 1.00. The van der Waals surface area contributed by atoms with E-state index in [0.717, 1.165) is 0 Å².